The number of halogens is 2. The highest BCUT2D eigenvalue weighted by molar-refractivity contribution is 7.99. The van der Waals surface area contributed by atoms with Crippen molar-refractivity contribution in [3.05, 3.63) is 35.8 Å². The van der Waals surface area contributed by atoms with E-state index >= 15 is 0 Å². The van der Waals surface area contributed by atoms with Crippen molar-refractivity contribution in [2.75, 3.05) is 18.8 Å². The van der Waals surface area contributed by atoms with E-state index in [4.69, 9.17) is 0 Å². The van der Waals surface area contributed by atoms with Gasteiger partial charge in [0.05, 0.1) is 11.4 Å². The Morgan fingerprint density at radius 3 is 3.00 bits per heavy atom. The molecule has 0 saturated carbocycles. The minimum Gasteiger partial charge on any atom is -0.351 e. The molecular weight excluding hydrogens is 367 g/mol. The number of aryl methyl sites for hydroxylation is 1. The van der Waals surface area contributed by atoms with Crippen LogP contribution in [0.2, 0.25) is 0 Å². The van der Waals surface area contributed by atoms with Gasteiger partial charge in [-0.1, -0.05) is 6.07 Å². The van der Waals surface area contributed by atoms with E-state index in [2.05, 4.69) is 34.8 Å². The molecule has 0 aliphatic carbocycles. The predicted octanol–water partition coefficient (Wildman–Crippen LogP) is 2.59. The molecule has 1 fully saturated rings. The molecule has 1 aliphatic heterocycles. The number of imidazole rings is 1. The molecule has 0 radical (unpaired) electrons. The van der Waals surface area contributed by atoms with Crippen molar-refractivity contribution < 1.29 is 4.79 Å². The number of carbonyl (C=O) groups is 1. The number of piperidine rings is 1. The SMILES string of the molecule is Cc1ccc2nc(CSCC(=O)N[C@H]3CCCNC3)cn2c1.Cl.Cl. The molecule has 3 heterocycles. The summed E-state index contributed by atoms with van der Waals surface area (Å²) in [5, 5.41) is 6.40. The molecule has 8 heteroatoms. The summed E-state index contributed by atoms with van der Waals surface area (Å²) in [6.07, 6.45) is 6.32. The smallest absolute Gasteiger partial charge is 0.230 e. The summed E-state index contributed by atoms with van der Waals surface area (Å²) in [6, 6.07) is 4.37. The topological polar surface area (TPSA) is 58.4 Å². The first kappa shape index (κ1) is 21.1. The Bertz CT molecular complexity index is 659. The van der Waals surface area contributed by atoms with Gasteiger partial charge in [0.1, 0.15) is 5.65 Å². The lowest BCUT2D eigenvalue weighted by Gasteiger charge is -2.23. The van der Waals surface area contributed by atoms with Gasteiger partial charge in [0, 0.05) is 30.7 Å². The molecule has 0 spiro atoms. The summed E-state index contributed by atoms with van der Waals surface area (Å²) < 4.78 is 2.04. The van der Waals surface area contributed by atoms with Gasteiger partial charge in [-0.3, -0.25) is 4.79 Å². The Morgan fingerprint density at radius 2 is 2.25 bits per heavy atom. The Balaban J connectivity index is 0.00000144. The van der Waals surface area contributed by atoms with Crippen LogP contribution in [0, 0.1) is 6.92 Å². The second kappa shape index (κ2) is 10.1. The first-order valence-corrected chi connectivity index (χ1v) is 8.88. The van der Waals surface area contributed by atoms with Gasteiger partial charge < -0.3 is 15.0 Å². The van der Waals surface area contributed by atoms with Crippen molar-refractivity contribution in [1.29, 1.82) is 0 Å². The molecule has 2 N–H and O–H groups in total. The summed E-state index contributed by atoms with van der Waals surface area (Å²) in [6.45, 7) is 4.02. The molecule has 0 unspecified atom stereocenters. The summed E-state index contributed by atoms with van der Waals surface area (Å²) in [4.78, 5) is 16.5. The predicted molar refractivity (Wildman–Crippen MR) is 105 cm³/mol. The molecule has 0 bridgehead atoms. The molecular formula is C16H24Cl2N4OS. The number of fused-ring (bicyclic) bond motifs is 1. The summed E-state index contributed by atoms with van der Waals surface area (Å²) >= 11 is 1.61. The van der Waals surface area contributed by atoms with Gasteiger partial charge in [-0.2, -0.15) is 0 Å². The molecule has 2 aromatic heterocycles. The third kappa shape index (κ3) is 5.84. The average Bonchev–Trinajstić information content (AvgIpc) is 2.90. The summed E-state index contributed by atoms with van der Waals surface area (Å²) in [5.41, 5.74) is 3.19. The lowest BCUT2D eigenvalue weighted by molar-refractivity contribution is -0.119. The Kier molecular flexibility index (Phi) is 8.91. The zero-order chi connectivity index (χ0) is 15.4. The number of amides is 1. The van der Waals surface area contributed by atoms with E-state index in [0.29, 0.717) is 11.8 Å². The van der Waals surface area contributed by atoms with Crippen LogP contribution in [-0.2, 0) is 10.5 Å². The van der Waals surface area contributed by atoms with Crippen LogP contribution in [0.15, 0.2) is 24.5 Å². The molecule has 0 aromatic carbocycles. The first-order chi connectivity index (χ1) is 10.7. The van der Waals surface area contributed by atoms with E-state index in [1.165, 1.54) is 5.56 Å². The summed E-state index contributed by atoms with van der Waals surface area (Å²) in [7, 11) is 0. The highest BCUT2D eigenvalue weighted by atomic mass is 35.5. The van der Waals surface area contributed by atoms with Crippen LogP contribution in [0.25, 0.3) is 5.65 Å². The molecule has 1 saturated heterocycles. The van der Waals surface area contributed by atoms with Crippen LogP contribution in [-0.4, -0.2) is 40.2 Å². The zero-order valence-electron chi connectivity index (χ0n) is 13.7. The van der Waals surface area contributed by atoms with Crippen LogP contribution in [0.1, 0.15) is 24.1 Å². The highest BCUT2D eigenvalue weighted by Crippen LogP contribution is 2.14. The van der Waals surface area contributed by atoms with E-state index in [1.807, 2.05) is 16.7 Å². The molecule has 2 aromatic rings. The number of aromatic nitrogens is 2. The van der Waals surface area contributed by atoms with E-state index in [0.717, 1.165) is 43.0 Å². The molecule has 3 rings (SSSR count). The molecule has 5 nitrogen and oxygen atoms in total. The monoisotopic (exact) mass is 390 g/mol. The Labute approximate surface area is 159 Å². The largest absolute Gasteiger partial charge is 0.351 e. The number of nitrogens with one attached hydrogen (secondary N) is 2. The van der Waals surface area contributed by atoms with E-state index in [1.54, 1.807) is 11.8 Å². The fraction of sp³-hybridized carbons (Fsp3) is 0.500. The van der Waals surface area contributed by atoms with Gasteiger partial charge in [-0.05, 0) is 37.9 Å². The van der Waals surface area contributed by atoms with Crippen LogP contribution in [0.3, 0.4) is 0 Å². The number of thioether (sulfide) groups is 1. The molecule has 134 valence electrons. The second-order valence-electron chi connectivity index (χ2n) is 5.81. The van der Waals surface area contributed by atoms with Crippen molar-refractivity contribution in [1.82, 2.24) is 20.0 Å². The highest BCUT2D eigenvalue weighted by Gasteiger charge is 2.15. The van der Waals surface area contributed by atoms with Crippen LogP contribution < -0.4 is 10.6 Å². The van der Waals surface area contributed by atoms with Crippen LogP contribution in [0.4, 0.5) is 0 Å². The zero-order valence-corrected chi connectivity index (χ0v) is 16.1. The standard InChI is InChI=1S/C16H22N4OS.2ClH/c1-12-4-5-15-18-14(9-20(15)8-12)10-22-11-16(21)19-13-3-2-6-17-7-13;;/h4-5,8-9,13,17H,2-3,6-7,10-11H2,1H3,(H,19,21);2*1H/t13-;;/m0../s1. The maximum atomic E-state index is 11.9. The summed E-state index contributed by atoms with van der Waals surface area (Å²) in [5.74, 6) is 1.37. The lowest BCUT2D eigenvalue weighted by atomic mass is 10.1. The quantitative estimate of drug-likeness (QED) is 0.823. The fourth-order valence-electron chi connectivity index (χ4n) is 2.72. The minimum absolute atomic E-state index is 0. The fourth-order valence-corrected chi connectivity index (χ4v) is 3.44. The number of hydrogen-bond acceptors (Lipinski definition) is 4. The van der Waals surface area contributed by atoms with Crippen molar-refractivity contribution in [3.8, 4) is 0 Å². The minimum atomic E-state index is 0. The number of carbonyl (C=O) groups excluding carboxylic acids is 1. The maximum absolute atomic E-state index is 11.9. The van der Waals surface area contributed by atoms with Gasteiger partial charge in [-0.15, -0.1) is 36.6 Å². The van der Waals surface area contributed by atoms with Crippen molar-refractivity contribution in [3.63, 3.8) is 0 Å². The van der Waals surface area contributed by atoms with Gasteiger partial charge in [0.2, 0.25) is 5.91 Å². The number of nitrogens with zero attached hydrogens (tertiary/aromatic N) is 2. The molecule has 24 heavy (non-hydrogen) atoms. The van der Waals surface area contributed by atoms with E-state index < -0.39 is 0 Å². The third-order valence-electron chi connectivity index (χ3n) is 3.79. The second-order valence-corrected chi connectivity index (χ2v) is 6.79. The normalized spacial score (nSPS) is 17.0. The van der Waals surface area contributed by atoms with E-state index in [-0.39, 0.29) is 30.7 Å². The molecule has 1 atom stereocenters. The van der Waals surface area contributed by atoms with Crippen LogP contribution in [0.5, 0.6) is 0 Å². The number of hydrogen-bond donors (Lipinski definition) is 2. The average molecular weight is 391 g/mol. The Hall–Kier alpha value is -0.950. The van der Waals surface area contributed by atoms with Gasteiger partial charge in [-0.25, -0.2) is 4.98 Å². The third-order valence-corrected chi connectivity index (χ3v) is 4.76. The molecule has 1 aliphatic rings. The maximum Gasteiger partial charge on any atom is 0.230 e. The first-order valence-electron chi connectivity index (χ1n) is 7.73. The van der Waals surface area contributed by atoms with Gasteiger partial charge >= 0.3 is 0 Å². The van der Waals surface area contributed by atoms with Gasteiger partial charge in [0.15, 0.2) is 0 Å². The number of pyridine rings is 1. The van der Waals surface area contributed by atoms with Crippen LogP contribution >= 0.6 is 36.6 Å². The van der Waals surface area contributed by atoms with Crippen molar-refractivity contribution >= 4 is 48.1 Å². The lowest BCUT2D eigenvalue weighted by Crippen LogP contribution is -2.46. The Morgan fingerprint density at radius 1 is 1.42 bits per heavy atom. The van der Waals surface area contributed by atoms with Gasteiger partial charge in [0.25, 0.3) is 0 Å². The molecule has 1 amide bonds. The van der Waals surface area contributed by atoms with Crippen molar-refractivity contribution in [2.45, 2.75) is 31.6 Å². The number of rotatable bonds is 5. The van der Waals surface area contributed by atoms with Crippen molar-refractivity contribution in [2.24, 2.45) is 0 Å². The van der Waals surface area contributed by atoms with E-state index in [9.17, 15) is 4.79 Å².